The monoisotopic (exact) mass is 509 g/mol. The molecule has 1 N–H and O–H groups in total. The SMILES string of the molecule is O=c1oc2c(c(O)c1Sc1ncccn1)c(=O)n(-c1ccc(F)cc1)c1cc(-c3ccccc3)ccc21. The molecule has 0 aliphatic carbocycles. The van der Waals surface area contributed by atoms with Crippen molar-refractivity contribution in [2.45, 2.75) is 10.1 Å². The van der Waals surface area contributed by atoms with E-state index in [0.717, 1.165) is 22.9 Å². The number of nitrogens with zero attached hydrogens (tertiary/aromatic N) is 3. The van der Waals surface area contributed by atoms with Gasteiger partial charge in [-0.3, -0.25) is 9.36 Å². The van der Waals surface area contributed by atoms with Crippen LogP contribution in [0.25, 0.3) is 38.7 Å². The summed E-state index contributed by atoms with van der Waals surface area (Å²) in [6.07, 6.45) is 2.99. The van der Waals surface area contributed by atoms with E-state index in [9.17, 15) is 19.1 Å². The van der Waals surface area contributed by atoms with Crippen LogP contribution in [0.4, 0.5) is 4.39 Å². The molecule has 0 amide bonds. The summed E-state index contributed by atoms with van der Waals surface area (Å²) in [4.78, 5) is 34.8. The van der Waals surface area contributed by atoms with Gasteiger partial charge in [-0.25, -0.2) is 19.2 Å². The molecular weight excluding hydrogens is 493 g/mol. The number of rotatable bonds is 4. The molecule has 7 nitrogen and oxygen atoms in total. The van der Waals surface area contributed by atoms with Gasteiger partial charge < -0.3 is 9.52 Å². The zero-order valence-electron chi connectivity index (χ0n) is 19.0. The molecule has 0 unspecified atom stereocenters. The fraction of sp³-hybridized carbons (Fsp3) is 0. The predicted molar refractivity (Wildman–Crippen MR) is 139 cm³/mol. The van der Waals surface area contributed by atoms with Crippen molar-refractivity contribution in [1.82, 2.24) is 14.5 Å². The fourth-order valence-electron chi connectivity index (χ4n) is 4.20. The maximum atomic E-state index is 13.9. The van der Waals surface area contributed by atoms with E-state index < -0.39 is 22.8 Å². The first-order valence-electron chi connectivity index (χ1n) is 11.2. The molecule has 6 aromatic rings. The first kappa shape index (κ1) is 22.7. The Morgan fingerprint density at radius 1 is 0.865 bits per heavy atom. The molecule has 37 heavy (non-hydrogen) atoms. The molecule has 180 valence electrons. The molecule has 0 spiro atoms. The Labute approximate surface area is 212 Å². The first-order chi connectivity index (χ1) is 18.0. The van der Waals surface area contributed by atoms with E-state index in [1.54, 1.807) is 18.2 Å². The van der Waals surface area contributed by atoms with Crippen molar-refractivity contribution >= 4 is 33.6 Å². The second kappa shape index (κ2) is 9.03. The van der Waals surface area contributed by atoms with Crippen molar-refractivity contribution in [2.24, 2.45) is 0 Å². The molecule has 0 saturated heterocycles. The van der Waals surface area contributed by atoms with Crippen LogP contribution in [0.3, 0.4) is 0 Å². The van der Waals surface area contributed by atoms with E-state index in [4.69, 9.17) is 4.42 Å². The third-order valence-electron chi connectivity index (χ3n) is 5.89. The summed E-state index contributed by atoms with van der Waals surface area (Å²) in [6, 6.07) is 22.0. The Bertz CT molecular complexity index is 1910. The van der Waals surface area contributed by atoms with Gasteiger partial charge in [0.15, 0.2) is 16.5 Å². The van der Waals surface area contributed by atoms with Gasteiger partial charge in [0.25, 0.3) is 5.56 Å². The molecule has 3 aromatic heterocycles. The summed E-state index contributed by atoms with van der Waals surface area (Å²) in [5.41, 5.74) is 1.06. The summed E-state index contributed by atoms with van der Waals surface area (Å²) >= 11 is 0.797. The second-order valence-electron chi connectivity index (χ2n) is 8.12. The Morgan fingerprint density at radius 2 is 1.59 bits per heavy atom. The minimum absolute atomic E-state index is 0.0428. The maximum absolute atomic E-state index is 13.9. The highest BCUT2D eigenvalue weighted by molar-refractivity contribution is 7.99. The average Bonchev–Trinajstić information content (AvgIpc) is 2.92. The van der Waals surface area contributed by atoms with Crippen LogP contribution in [0.15, 0.2) is 115 Å². The van der Waals surface area contributed by atoms with Gasteiger partial charge in [-0.1, -0.05) is 36.4 Å². The molecular formula is C28H16FN3O4S. The van der Waals surface area contributed by atoms with Gasteiger partial charge in [-0.2, -0.15) is 0 Å². The number of benzene rings is 3. The normalized spacial score (nSPS) is 11.3. The maximum Gasteiger partial charge on any atom is 0.354 e. The van der Waals surface area contributed by atoms with Crippen LogP contribution in [0.1, 0.15) is 0 Å². The number of halogens is 1. The third-order valence-corrected chi connectivity index (χ3v) is 6.84. The van der Waals surface area contributed by atoms with Crippen molar-refractivity contribution in [2.75, 3.05) is 0 Å². The highest BCUT2D eigenvalue weighted by Gasteiger charge is 2.23. The Balaban J connectivity index is 1.70. The second-order valence-corrected chi connectivity index (χ2v) is 9.10. The smallest absolute Gasteiger partial charge is 0.354 e. The van der Waals surface area contributed by atoms with Crippen molar-refractivity contribution in [3.63, 3.8) is 0 Å². The Morgan fingerprint density at radius 3 is 2.32 bits per heavy atom. The van der Waals surface area contributed by atoms with Crippen LogP contribution >= 0.6 is 11.8 Å². The lowest BCUT2D eigenvalue weighted by molar-refractivity contribution is 0.447. The minimum atomic E-state index is -0.824. The van der Waals surface area contributed by atoms with Crippen LogP contribution in [-0.2, 0) is 0 Å². The first-order valence-corrected chi connectivity index (χ1v) is 12.0. The molecule has 9 heteroatoms. The highest BCUT2D eigenvalue weighted by atomic mass is 32.2. The highest BCUT2D eigenvalue weighted by Crippen LogP contribution is 2.37. The summed E-state index contributed by atoms with van der Waals surface area (Å²) in [5.74, 6) is -0.985. The molecule has 0 atom stereocenters. The summed E-state index contributed by atoms with van der Waals surface area (Å²) < 4.78 is 20.7. The van der Waals surface area contributed by atoms with Crippen molar-refractivity contribution in [3.05, 3.63) is 118 Å². The third kappa shape index (κ3) is 3.95. The standard InChI is InChI=1S/C28H16FN3O4S/c29-18-8-10-19(11-9-18)32-21-15-17(16-5-2-1-3-6-16)7-12-20(21)24-22(26(32)34)23(33)25(27(35)36-24)37-28-30-13-4-14-31-28/h1-15,33H. The van der Waals surface area contributed by atoms with Gasteiger partial charge in [-0.15, -0.1) is 0 Å². The number of pyridine rings is 1. The average molecular weight is 510 g/mol. The van der Waals surface area contributed by atoms with Crippen molar-refractivity contribution in [1.29, 1.82) is 0 Å². The largest absolute Gasteiger partial charge is 0.505 e. The molecule has 0 radical (unpaired) electrons. The minimum Gasteiger partial charge on any atom is -0.505 e. The van der Waals surface area contributed by atoms with Crippen LogP contribution in [-0.4, -0.2) is 19.6 Å². The van der Waals surface area contributed by atoms with Gasteiger partial charge in [0.2, 0.25) is 0 Å². The number of aromatic hydroxyl groups is 1. The number of hydrogen-bond donors (Lipinski definition) is 1. The van der Waals surface area contributed by atoms with E-state index >= 15 is 0 Å². The van der Waals surface area contributed by atoms with E-state index in [1.807, 2.05) is 36.4 Å². The van der Waals surface area contributed by atoms with Gasteiger partial charge in [0.1, 0.15) is 16.1 Å². The predicted octanol–water partition coefficient (Wildman–Crippen LogP) is 5.55. The molecule has 0 fully saturated rings. The van der Waals surface area contributed by atoms with E-state index in [1.165, 1.54) is 41.2 Å². The van der Waals surface area contributed by atoms with E-state index in [0.29, 0.717) is 16.6 Å². The summed E-state index contributed by atoms with van der Waals surface area (Å²) in [6.45, 7) is 0. The van der Waals surface area contributed by atoms with Crippen molar-refractivity contribution in [3.8, 4) is 22.6 Å². The van der Waals surface area contributed by atoms with Gasteiger partial charge >= 0.3 is 5.63 Å². The quantitative estimate of drug-likeness (QED) is 0.246. The van der Waals surface area contributed by atoms with E-state index in [2.05, 4.69) is 9.97 Å². The van der Waals surface area contributed by atoms with Gasteiger partial charge in [0.05, 0.1) is 5.52 Å². The molecule has 0 aliphatic heterocycles. The topological polar surface area (TPSA) is 98.2 Å². The molecule has 3 aromatic carbocycles. The number of hydrogen-bond acceptors (Lipinski definition) is 7. The van der Waals surface area contributed by atoms with Crippen LogP contribution in [0, 0.1) is 5.82 Å². The lowest BCUT2D eigenvalue weighted by Crippen LogP contribution is -2.21. The Kier molecular flexibility index (Phi) is 5.54. The molecule has 0 saturated carbocycles. The molecule has 0 bridgehead atoms. The van der Waals surface area contributed by atoms with Crippen molar-refractivity contribution < 1.29 is 13.9 Å². The Hall–Kier alpha value is -4.76. The van der Waals surface area contributed by atoms with Crippen LogP contribution in [0.2, 0.25) is 0 Å². The van der Waals surface area contributed by atoms with Gasteiger partial charge in [0, 0.05) is 23.5 Å². The molecule has 6 rings (SSSR count). The lowest BCUT2D eigenvalue weighted by atomic mass is 10.0. The van der Waals surface area contributed by atoms with Crippen LogP contribution < -0.4 is 11.2 Å². The zero-order valence-corrected chi connectivity index (χ0v) is 19.8. The number of aromatic nitrogens is 3. The summed E-state index contributed by atoms with van der Waals surface area (Å²) in [5, 5.41) is 11.6. The molecule has 3 heterocycles. The zero-order chi connectivity index (χ0) is 25.5. The van der Waals surface area contributed by atoms with Gasteiger partial charge in [-0.05, 0) is 65.4 Å². The van der Waals surface area contributed by atoms with E-state index in [-0.39, 0.29) is 21.0 Å². The number of fused-ring (bicyclic) bond motifs is 3. The summed E-state index contributed by atoms with van der Waals surface area (Å²) in [7, 11) is 0. The fourth-order valence-corrected chi connectivity index (χ4v) is 4.94. The molecule has 0 aliphatic rings. The lowest BCUT2D eigenvalue weighted by Gasteiger charge is -2.15. The van der Waals surface area contributed by atoms with Crippen LogP contribution in [0.5, 0.6) is 5.75 Å².